The average Bonchev–Trinajstić information content (AvgIpc) is 2.57. The Morgan fingerprint density at radius 2 is 1.83 bits per heavy atom. The summed E-state index contributed by atoms with van der Waals surface area (Å²) >= 11 is 0. The first-order valence-corrected chi connectivity index (χ1v) is 7.41. The lowest BCUT2D eigenvalue weighted by molar-refractivity contribution is -0.119. The molecule has 0 aliphatic heterocycles. The van der Waals surface area contributed by atoms with Crippen LogP contribution in [0.15, 0.2) is 59.5 Å². The highest BCUT2D eigenvalue weighted by Gasteiger charge is 2.18. The van der Waals surface area contributed by atoms with Crippen molar-refractivity contribution in [1.29, 1.82) is 0 Å². The maximum atomic E-state index is 12.5. The fourth-order valence-electron chi connectivity index (χ4n) is 2.44. The number of benzene rings is 2. The number of amides is 1. The third-order valence-corrected chi connectivity index (χ3v) is 3.87. The Bertz CT molecular complexity index is 931. The van der Waals surface area contributed by atoms with Gasteiger partial charge in [-0.25, -0.2) is 4.68 Å². The molecule has 0 spiro atoms. The summed E-state index contributed by atoms with van der Waals surface area (Å²) in [5.74, 6) is -0.274. The lowest BCUT2D eigenvalue weighted by Crippen LogP contribution is -2.33. The smallest absolute Gasteiger partial charge is 0.275 e. The van der Waals surface area contributed by atoms with Crippen LogP contribution in [0, 0.1) is 6.92 Å². The Balaban J connectivity index is 1.92. The summed E-state index contributed by atoms with van der Waals surface area (Å²) in [5, 5.41) is 8.30. The van der Waals surface area contributed by atoms with E-state index in [0.717, 1.165) is 16.6 Å². The van der Waals surface area contributed by atoms with Gasteiger partial charge in [-0.2, -0.15) is 5.10 Å². The number of para-hydroxylation sites is 1. The molecule has 0 bridgehead atoms. The summed E-state index contributed by atoms with van der Waals surface area (Å²) in [5.41, 5.74) is 1.43. The molecule has 0 aliphatic carbocycles. The van der Waals surface area contributed by atoms with Crippen LogP contribution in [0.4, 0.5) is 5.69 Å². The van der Waals surface area contributed by atoms with E-state index in [2.05, 4.69) is 10.4 Å². The van der Waals surface area contributed by atoms with E-state index in [-0.39, 0.29) is 11.5 Å². The second-order valence-corrected chi connectivity index (χ2v) is 5.46. The van der Waals surface area contributed by atoms with Gasteiger partial charge in [0.2, 0.25) is 5.91 Å². The van der Waals surface area contributed by atoms with Gasteiger partial charge in [-0.05, 0) is 31.5 Å². The van der Waals surface area contributed by atoms with Crippen molar-refractivity contribution in [3.05, 3.63) is 70.6 Å². The van der Waals surface area contributed by atoms with Crippen LogP contribution in [0.1, 0.15) is 18.5 Å². The van der Waals surface area contributed by atoms with Crippen LogP contribution in [0.5, 0.6) is 0 Å². The van der Waals surface area contributed by atoms with E-state index in [1.54, 1.807) is 25.3 Å². The molecule has 5 heteroatoms. The predicted molar refractivity (Wildman–Crippen MR) is 90.5 cm³/mol. The molecule has 5 nitrogen and oxygen atoms in total. The number of aryl methyl sites for hydroxylation is 1. The van der Waals surface area contributed by atoms with Crippen LogP contribution in [-0.2, 0) is 4.79 Å². The molecule has 0 radical (unpaired) electrons. The third kappa shape index (κ3) is 2.85. The minimum atomic E-state index is -0.702. The zero-order chi connectivity index (χ0) is 16.4. The number of fused-ring (bicyclic) bond motifs is 1. The molecule has 0 fully saturated rings. The highest BCUT2D eigenvalue weighted by Crippen LogP contribution is 2.16. The van der Waals surface area contributed by atoms with Crippen molar-refractivity contribution in [2.45, 2.75) is 19.9 Å². The molecule has 0 aliphatic rings. The quantitative estimate of drug-likeness (QED) is 0.809. The zero-order valence-corrected chi connectivity index (χ0v) is 13.0. The largest absolute Gasteiger partial charge is 0.324 e. The van der Waals surface area contributed by atoms with Crippen molar-refractivity contribution < 1.29 is 4.79 Å². The summed E-state index contributed by atoms with van der Waals surface area (Å²) < 4.78 is 1.22. The molecule has 23 heavy (non-hydrogen) atoms. The van der Waals surface area contributed by atoms with Crippen LogP contribution < -0.4 is 10.9 Å². The number of carbonyl (C=O) groups is 1. The number of rotatable bonds is 3. The highest BCUT2D eigenvalue weighted by molar-refractivity contribution is 5.94. The van der Waals surface area contributed by atoms with E-state index >= 15 is 0 Å². The van der Waals surface area contributed by atoms with Gasteiger partial charge in [0, 0.05) is 11.1 Å². The van der Waals surface area contributed by atoms with Crippen molar-refractivity contribution in [3.63, 3.8) is 0 Å². The van der Waals surface area contributed by atoms with Crippen molar-refractivity contribution >= 4 is 22.4 Å². The second-order valence-electron chi connectivity index (χ2n) is 5.46. The number of nitrogens with one attached hydrogen (secondary N) is 1. The first-order chi connectivity index (χ1) is 11.1. The van der Waals surface area contributed by atoms with Crippen molar-refractivity contribution in [2.75, 3.05) is 5.32 Å². The molecular weight excluding hydrogens is 290 g/mol. The molecule has 3 aromatic rings. The molecule has 1 atom stereocenters. The minimum absolute atomic E-state index is 0.268. The van der Waals surface area contributed by atoms with E-state index < -0.39 is 6.04 Å². The molecule has 0 saturated heterocycles. The molecule has 1 N–H and O–H groups in total. The molecule has 2 aromatic carbocycles. The molecule has 3 rings (SSSR count). The van der Waals surface area contributed by atoms with Gasteiger partial charge in [0.25, 0.3) is 5.56 Å². The van der Waals surface area contributed by atoms with Crippen LogP contribution in [0.3, 0.4) is 0 Å². The van der Waals surface area contributed by atoms with Crippen molar-refractivity contribution in [2.24, 2.45) is 0 Å². The number of hydrogen-bond acceptors (Lipinski definition) is 3. The van der Waals surface area contributed by atoms with Gasteiger partial charge in [-0.3, -0.25) is 9.59 Å². The van der Waals surface area contributed by atoms with E-state index in [1.165, 1.54) is 4.68 Å². The van der Waals surface area contributed by atoms with Gasteiger partial charge in [0.15, 0.2) is 0 Å². The molecule has 1 heterocycles. The van der Waals surface area contributed by atoms with Crippen molar-refractivity contribution in [1.82, 2.24) is 9.78 Å². The monoisotopic (exact) mass is 307 g/mol. The molecule has 1 aromatic heterocycles. The molecule has 0 unspecified atom stereocenters. The standard InChI is InChI=1S/C18H17N3O2/c1-12-7-3-6-10-16(12)20-17(22)13(2)21-18(23)15-9-5-4-8-14(15)11-19-21/h3-11,13H,1-2H3,(H,20,22)/t13-/m1/s1. The Kier molecular flexibility index (Phi) is 3.93. The SMILES string of the molecule is Cc1ccccc1NC(=O)[C@@H](C)n1ncc2ccccc2c1=O. The maximum Gasteiger partial charge on any atom is 0.275 e. The first-order valence-electron chi connectivity index (χ1n) is 7.41. The average molecular weight is 307 g/mol. The van der Waals surface area contributed by atoms with Gasteiger partial charge < -0.3 is 5.32 Å². The Morgan fingerprint density at radius 3 is 2.61 bits per heavy atom. The number of aromatic nitrogens is 2. The number of nitrogens with zero attached hydrogens (tertiary/aromatic N) is 2. The minimum Gasteiger partial charge on any atom is -0.324 e. The van der Waals surface area contributed by atoms with Gasteiger partial charge in [0.1, 0.15) is 6.04 Å². The van der Waals surface area contributed by atoms with Gasteiger partial charge in [-0.15, -0.1) is 0 Å². The van der Waals surface area contributed by atoms with E-state index in [4.69, 9.17) is 0 Å². The fourth-order valence-corrected chi connectivity index (χ4v) is 2.44. The Hall–Kier alpha value is -2.95. The maximum absolute atomic E-state index is 12.5. The molecule has 0 saturated carbocycles. The Labute approximate surface area is 133 Å². The normalized spacial score (nSPS) is 12.1. The lowest BCUT2D eigenvalue weighted by Gasteiger charge is -2.15. The summed E-state index contributed by atoms with van der Waals surface area (Å²) in [6.45, 7) is 3.58. The van der Waals surface area contributed by atoms with Crippen molar-refractivity contribution in [3.8, 4) is 0 Å². The first kappa shape index (κ1) is 15.0. The van der Waals surface area contributed by atoms with Gasteiger partial charge >= 0.3 is 0 Å². The highest BCUT2D eigenvalue weighted by atomic mass is 16.2. The van der Waals surface area contributed by atoms with Crippen LogP contribution in [-0.4, -0.2) is 15.7 Å². The van der Waals surface area contributed by atoms with Gasteiger partial charge in [-0.1, -0.05) is 36.4 Å². The summed E-state index contributed by atoms with van der Waals surface area (Å²) in [6.07, 6.45) is 1.61. The van der Waals surface area contributed by atoms with E-state index in [9.17, 15) is 9.59 Å². The third-order valence-electron chi connectivity index (χ3n) is 3.87. The van der Waals surface area contributed by atoms with Crippen LogP contribution in [0.2, 0.25) is 0 Å². The lowest BCUT2D eigenvalue weighted by atomic mass is 10.2. The summed E-state index contributed by atoms with van der Waals surface area (Å²) in [4.78, 5) is 25.0. The predicted octanol–water partition coefficient (Wildman–Crippen LogP) is 2.90. The van der Waals surface area contributed by atoms with E-state index in [0.29, 0.717) is 5.39 Å². The number of hydrogen-bond donors (Lipinski definition) is 1. The Morgan fingerprint density at radius 1 is 1.13 bits per heavy atom. The molecule has 116 valence electrons. The summed E-state index contributed by atoms with van der Waals surface area (Å²) in [7, 11) is 0. The zero-order valence-electron chi connectivity index (χ0n) is 13.0. The number of anilines is 1. The number of carbonyl (C=O) groups excluding carboxylic acids is 1. The summed E-state index contributed by atoms with van der Waals surface area (Å²) in [6, 6.07) is 14.0. The topological polar surface area (TPSA) is 64.0 Å². The molecule has 1 amide bonds. The van der Waals surface area contributed by atoms with Gasteiger partial charge in [0.05, 0.1) is 11.6 Å². The second kappa shape index (κ2) is 6.04. The van der Waals surface area contributed by atoms with E-state index in [1.807, 2.05) is 43.3 Å². The van der Waals surface area contributed by atoms with Crippen LogP contribution >= 0.6 is 0 Å². The molecular formula is C18H17N3O2. The van der Waals surface area contributed by atoms with Crippen LogP contribution in [0.25, 0.3) is 10.8 Å². The fraction of sp³-hybridized carbons (Fsp3) is 0.167.